The summed E-state index contributed by atoms with van der Waals surface area (Å²) in [5.41, 5.74) is 2.02. The van der Waals surface area contributed by atoms with Crippen LogP contribution < -0.4 is 33.9 Å². The fourth-order valence-corrected chi connectivity index (χ4v) is 4.84. The minimum absolute atomic E-state index is 0.0721. The predicted molar refractivity (Wildman–Crippen MR) is 137 cm³/mol. The molecule has 2 aliphatic rings. The zero-order chi connectivity index (χ0) is 25.9. The number of carbonyl (C=O) groups excluding carboxylic acids is 2. The summed E-state index contributed by atoms with van der Waals surface area (Å²) >= 11 is 0. The largest absolute Gasteiger partial charge is 0.497 e. The molecule has 1 fully saturated rings. The lowest BCUT2D eigenvalue weighted by Crippen LogP contribution is -2.47. The molecule has 0 aromatic heterocycles. The van der Waals surface area contributed by atoms with E-state index < -0.39 is 12.0 Å². The van der Waals surface area contributed by atoms with Crippen LogP contribution in [0.25, 0.3) is 0 Å². The topological polar surface area (TPSA) is 95.6 Å². The summed E-state index contributed by atoms with van der Waals surface area (Å²) in [6, 6.07) is 17.4. The molecule has 5 rings (SSSR count). The van der Waals surface area contributed by atoms with Gasteiger partial charge in [0.15, 0.2) is 23.0 Å². The number of methoxy groups -OCH3 is 3. The second-order valence-corrected chi connectivity index (χ2v) is 8.72. The van der Waals surface area contributed by atoms with Crippen molar-refractivity contribution in [3.8, 4) is 28.7 Å². The Hall–Kier alpha value is -4.40. The van der Waals surface area contributed by atoms with E-state index in [2.05, 4.69) is 5.32 Å². The number of hydrogen-bond acceptors (Lipinski definition) is 7. The Balaban J connectivity index is 1.53. The zero-order valence-electron chi connectivity index (χ0n) is 20.9. The molecule has 0 unspecified atom stereocenters. The van der Waals surface area contributed by atoms with Crippen LogP contribution in [0.5, 0.6) is 28.7 Å². The van der Waals surface area contributed by atoms with Crippen molar-refractivity contribution in [1.82, 2.24) is 0 Å². The Morgan fingerprint density at radius 3 is 2.38 bits per heavy atom. The van der Waals surface area contributed by atoms with Crippen LogP contribution in [0, 0.1) is 5.92 Å². The van der Waals surface area contributed by atoms with Crippen molar-refractivity contribution in [1.29, 1.82) is 0 Å². The molecule has 2 atom stereocenters. The van der Waals surface area contributed by atoms with E-state index in [9.17, 15) is 9.59 Å². The number of hydrogen-bond donors (Lipinski definition) is 1. The monoisotopic (exact) mass is 504 g/mol. The highest BCUT2D eigenvalue weighted by Gasteiger charge is 2.42. The molecule has 0 aliphatic carbocycles. The number of anilines is 2. The van der Waals surface area contributed by atoms with Crippen LogP contribution in [0.4, 0.5) is 11.4 Å². The minimum Gasteiger partial charge on any atom is -0.497 e. The van der Waals surface area contributed by atoms with Gasteiger partial charge in [0.2, 0.25) is 18.6 Å². The summed E-state index contributed by atoms with van der Waals surface area (Å²) in [4.78, 5) is 28.7. The zero-order valence-corrected chi connectivity index (χ0v) is 20.9. The third-order valence-electron chi connectivity index (χ3n) is 6.67. The summed E-state index contributed by atoms with van der Waals surface area (Å²) in [6.45, 7) is 0.148. The van der Waals surface area contributed by atoms with Crippen LogP contribution >= 0.6 is 0 Å². The summed E-state index contributed by atoms with van der Waals surface area (Å²) in [5.74, 6) is 2.15. The van der Waals surface area contributed by atoms with Gasteiger partial charge in [0.25, 0.3) is 0 Å². The fourth-order valence-electron chi connectivity index (χ4n) is 4.84. The molecule has 2 aliphatic heterocycles. The van der Waals surface area contributed by atoms with E-state index in [1.54, 1.807) is 62.6 Å². The molecule has 0 radical (unpaired) electrons. The molecule has 1 N–H and O–H groups in total. The smallest absolute Gasteiger partial charge is 0.231 e. The molecule has 0 bridgehead atoms. The lowest BCUT2D eigenvalue weighted by Gasteiger charge is -2.41. The molecule has 0 saturated carbocycles. The number of fused-ring (bicyclic) bond motifs is 1. The van der Waals surface area contributed by atoms with Gasteiger partial charge in [-0.15, -0.1) is 0 Å². The quantitative estimate of drug-likeness (QED) is 0.504. The summed E-state index contributed by atoms with van der Waals surface area (Å²) in [5, 5.41) is 3.01. The number of carbonyl (C=O) groups is 2. The molecule has 9 nitrogen and oxygen atoms in total. The molecule has 9 heteroatoms. The van der Waals surface area contributed by atoms with Gasteiger partial charge in [0, 0.05) is 23.9 Å². The first-order valence-electron chi connectivity index (χ1n) is 11.9. The normalized spacial score (nSPS) is 18.4. The van der Waals surface area contributed by atoms with Crippen molar-refractivity contribution in [2.45, 2.75) is 18.9 Å². The molecule has 2 amide bonds. The molecule has 37 heavy (non-hydrogen) atoms. The SMILES string of the molecule is COc1ccc(N2C(=O)CC[C@@H](C(=O)Nc3ccc4c(c3)OCO4)[C@@H]2c2ccc(OC)c(OC)c2)cc1. The highest BCUT2D eigenvalue weighted by atomic mass is 16.7. The van der Waals surface area contributed by atoms with Gasteiger partial charge < -0.3 is 33.9 Å². The van der Waals surface area contributed by atoms with Crippen molar-refractivity contribution in [2.75, 3.05) is 38.3 Å². The highest BCUT2D eigenvalue weighted by Crippen LogP contribution is 2.43. The Bertz CT molecular complexity index is 1310. The van der Waals surface area contributed by atoms with E-state index >= 15 is 0 Å². The van der Waals surface area contributed by atoms with Gasteiger partial charge in [-0.25, -0.2) is 0 Å². The Morgan fingerprint density at radius 2 is 1.65 bits per heavy atom. The third kappa shape index (κ3) is 4.72. The van der Waals surface area contributed by atoms with Gasteiger partial charge in [-0.1, -0.05) is 6.07 Å². The third-order valence-corrected chi connectivity index (χ3v) is 6.67. The predicted octanol–water partition coefficient (Wildman–Crippen LogP) is 4.56. The van der Waals surface area contributed by atoms with Crippen LogP contribution in [-0.4, -0.2) is 39.9 Å². The standard InChI is InChI=1S/C28H28N2O7/c1-33-20-8-6-19(7-9-20)30-26(31)13-10-21(27(30)17-4-11-22(34-2)24(14-17)35-3)28(32)29-18-5-12-23-25(15-18)37-16-36-23/h4-9,11-12,14-15,21,27H,10,13,16H2,1-3H3,(H,29,32)/t21-,27+/m1/s1. The second-order valence-electron chi connectivity index (χ2n) is 8.72. The van der Waals surface area contributed by atoms with E-state index in [1.807, 2.05) is 24.3 Å². The first-order valence-corrected chi connectivity index (χ1v) is 11.9. The van der Waals surface area contributed by atoms with Gasteiger partial charge in [-0.3, -0.25) is 9.59 Å². The first kappa shape index (κ1) is 24.3. The highest BCUT2D eigenvalue weighted by molar-refractivity contribution is 6.00. The molecular weight excluding hydrogens is 476 g/mol. The Kier molecular flexibility index (Phi) is 6.76. The Labute approximate surface area is 214 Å². The number of benzene rings is 3. The van der Waals surface area contributed by atoms with Crippen molar-refractivity contribution in [3.63, 3.8) is 0 Å². The van der Waals surface area contributed by atoms with E-state index in [1.165, 1.54) is 0 Å². The second kappa shape index (κ2) is 10.3. The van der Waals surface area contributed by atoms with E-state index in [4.69, 9.17) is 23.7 Å². The van der Waals surface area contributed by atoms with Crippen LogP contribution in [0.15, 0.2) is 60.7 Å². The maximum atomic E-state index is 13.7. The summed E-state index contributed by atoms with van der Waals surface area (Å²) in [7, 11) is 4.70. The molecular formula is C28H28N2O7. The Morgan fingerprint density at radius 1 is 0.892 bits per heavy atom. The van der Waals surface area contributed by atoms with Crippen molar-refractivity contribution < 1.29 is 33.3 Å². The lowest BCUT2D eigenvalue weighted by molar-refractivity contribution is -0.125. The average molecular weight is 505 g/mol. The van der Waals surface area contributed by atoms with Gasteiger partial charge in [0.1, 0.15) is 5.75 Å². The molecule has 192 valence electrons. The van der Waals surface area contributed by atoms with Crippen LogP contribution in [0.3, 0.4) is 0 Å². The number of rotatable bonds is 7. The average Bonchev–Trinajstić information content (AvgIpc) is 3.40. The number of amides is 2. The van der Waals surface area contributed by atoms with Crippen molar-refractivity contribution >= 4 is 23.2 Å². The summed E-state index contributed by atoms with van der Waals surface area (Å²) in [6.07, 6.45) is 0.621. The summed E-state index contributed by atoms with van der Waals surface area (Å²) < 4.78 is 27.0. The number of nitrogens with zero attached hydrogens (tertiary/aromatic N) is 1. The van der Waals surface area contributed by atoms with Crippen LogP contribution in [-0.2, 0) is 9.59 Å². The molecule has 3 aromatic carbocycles. The maximum Gasteiger partial charge on any atom is 0.231 e. The van der Waals surface area contributed by atoms with Crippen molar-refractivity contribution in [3.05, 3.63) is 66.2 Å². The molecule has 3 aromatic rings. The molecule has 1 saturated heterocycles. The molecule has 0 spiro atoms. The fraction of sp³-hybridized carbons (Fsp3) is 0.286. The van der Waals surface area contributed by atoms with E-state index in [0.29, 0.717) is 46.5 Å². The van der Waals surface area contributed by atoms with E-state index in [-0.39, 0.29) is 25.0 Å². The van der Waals surface area contributed by atoms with Gasteiger partial charge >= 0.3 is 0 Å². The van der Waals surface area contributed by atoms with Crippen LogP contribution in [0.1, 0.15) is 24.4 Å². The number of ether oxygens (including phenoxy) is 5. The number of nitrogens with one attached hydrogen (secondary N) is 1. The van der Waals surface area contributed by atoms with E-state index in [0.717, 1.165) is 5.56 Å². The van der Waals surface area contributed by atoms with Crippen LogP contribution in [0.2, 0.25) is 0 Å². The first-order chi connectivity index (χ1) is 18.0. The maximum absolute atomic E-state index is 13.7. The number of piperidine rings is 1. The van der Waals surface area contributed by atoms with Gasteiger partial charge in [-0.05, 0) is 60.5 Å². The van der Waals surface area contributed by atoms with Gasteiger partial charge in [0.05, 0.1) is 33.3 Å². The van der Waals surface area contributed by atoms with Gasteiger partial charge in [-0.2, -0.15) is 0 Å². The van der Waals surface area contributed by atoms with Crippen molar-refractivity contribution in [2.24, 2.45) is 5.92 Å². The lowest BCUT2D eigenvalue weighted by atomic mass is 9.83. The molecule has 2 heterocycles. The minimum atomic E-state index is -0.580.